The lowest BCUT2D eigenvalue weighted by molar-refractivity contribution is -0.118. The number of hydrogen-bond acceptors (Lipinski definition) is 4. The summed E-state index contributed by atoms with van der Waals surface area (Å²) in [5, 5.41) is 6.49. The summed E-state index contributed by atoms with van der Waals surface area (Å²) >= 11 is 0. The van der Waals surface area contributed by atoms with Crippen LogP contribution in [0.25, 0.3) is 0 Å². The molecule has 1 aliphatic heterocycles. The maximum Gasteiger partial charge on any atom is 0.247 e. The molecule has 1 aliphatic rings. The average Bonchev–Trinajstić information content (AvgIpc) is 3.27. The van der Waals surface area contributed by atoms with E-state index in [1.165, 1.54) is 17.5 Å². The van der Waals surface area contributed by atoms with Crippen molar-refractivity contribution in [1.29, 1.82) is 0 Å². The molecule has 1 fully saturated rings. The van der Waals surface area contributed by atoms with Crippen LogP contribution in [0.1, 0.15) is 48.9 Å². The number of aryl methyl sites for hydroxylation is 1. The van der Waals surface area contributed by atoms with Crippen molar-refractivity contribution in [2.75, 3.05) is 29.9 Å². The summed E-state index contributed by atoms with van der Waals surface area (Å²) in [6, 6.07) is 21.9. The van der Waals surface area contributed by atoms with Gasteiger partial charge in [0.25, 0.3) is 0 Å². The fourth-order valence-corrected chi connectivity index (χ4v) is 4.33. The third kappa shape index (κ3) is 5.99. The maximum absolute atomic E-state index is 13.3. The van der Waals surface area contributed by atoms with Gasteiger partial charge in [0.2, 0.25) is 5.91 Å². The Morgan fingerprint density at radius 1 is 1.06 bits per heavy atom. The molecule has 1 aromatic heterocycles. The molecule has 5 nitrogen and oxygen atoms in total. The Kier molecular flexibility index (Phi) is 7.40. The first kappa shape index (κ1) is 23.0. The predicted octanol–water partition coefficient (Wildman–Crippen LogP) is 5.31. The summed E-state index contributed by atoms with van der Waals surface area (Å²) in [5.74, 6) is 1.46. The quantitative estimate of drug-likeness (QED) is 0.496. The van der Waals surface area contributed by atoms with Crippen LogP contribution >= 0.6 is 0 Å². The molecular formula is C28H34N4O. The van der Waals surface area contributed by atoms with Crippen LogP contribution in [0.2, 0.25) is 0 Å². The molecule has 2 heterocycles. The molecule has 4 rings (SSSR count). The lowest BCUT2D eigenvalue weighted by atomic mass is 9.98. The molecule has 0 saturated carbocycles. The Balaban J connectivity index is 1.43. The molecule has 1 saturated heterocycles. The van der Waals surface area contributed by atoms with E-state index in [1.807, 2.05) is 48.7 Å². The molecule has 3 aromatic rings. The van der Waals surface area contributed by atoms with Gasteiger partial charge in [-0.1, -0.05) is 74.0 Å². The number of nitrogens with one attached hydrogen (secondary N) is 2. The predicted molar refractivity (Wildman–Crippen MR) is 136 cm³/mol. The van der Waals surface area contributed by atoms with E-state index in [9.17, 15) is 4.79 Å². The van der Waals surface area contributed by atoms with Crippen LogP contribution in [0.15, 0.2) is 72.9 Å². The van der Waals surface area contributed by atoms with Crippen LogP contribution in [-0.2, 0) is 4.79 Å². The molecule has 0 bridgehead atoms. The fourth-order valence-electron chi connectivity index (χ4n) is 4.33. The van der Waals surface area contributed by atoms with Gasteiger partial charge >= 0.3 is 0 Å². The normalized spacial score (nSPS) is 17.5. The van der Waals surface area contributed by atoms with E-state index in [2.05, 4.69) is 65.6 Å². The van der Waals surface area contributed by atoms with Crippen LogP contribution < -0.4 is 15.5 Å². The Morgan fingerprint density at radius 3 is 2.45 bits per heavy atom. The SMILES string of the molecule is Cc1ccc(C(C)CN[C@@H](C(=O)Nc2ccc(N3CC[C@@H](C)C3)cn2)c2ccccc2)cc1. The van der Waals surface area contributed by atoms with Gasteiger partial charge < -0.3 is 15.5 Å². The van der Waals surface area contributed by atoms with Gasteiger partial charge in [0.15, 0.2) is 0 Å². The zero-order valence-corrected chi connectivity index (χ0v) is 19.8. The number of aromatic nitrogens is 1. The van der Waals surface area contributed by atoms with Crippen molar-refractivity contribution in [2.24, 2.45) is 5.92 Å². The molecule has 0 spiro atoms. The highest BCUT2D eigenvalue weighted by Gasteiger charge is 2.22. The molecule has 2 aromatic carbocycles. The van der Waals surface area contributed by atoms with Gasteiger partial charge in [0.05, 0.1) is 11.9 Å². The molecule has 5 heteroatoms. The van der Waals surface area contributed by atoms with Crippen molar-refractivity contribution in [3.05, 3.63) is 89.6 Å². The molecule has 0 radical (unpaired) electrons. The third-order valence-corrected chi connectivity index (χ3v) is 6.46. The number of anilines is 2. The molecular weight excluding hydrogens is 408 g/mol. The molecule has 172 valence electrons. The summed E-state index contributed by atoms with van der Waals surface area (Å²) in [4.78, 5) is 20.1. The van der Waals surface area contributed by atoms with Crippen molar-refractivity contribution in [1.82, 2.24) is 10.3 Å². The second-order valence-electron chi connectivity index (χ2n) is 9.29. The van der Waals surface area contributed by atoms with E-state index in [1.54, 1.807) is 0 Å². The van der Waals surface area contributed by atoms with Gasteiger partial charge in [-0.25, -0.2) is 4.98 Å². The number of amides is 1. The number of benzene rings is 2. The number of carbonyl (C=O) groups excluding carboxylic acids is 1. The first-order valence-corrected chi connectivity index (χ1v) is 11.9. The number of carbonyl (C=O) groups is 1. The second kappa shape index (κ2) is 10.6. The zero-order chi connectivity index (χ0) is 23.2. The molecule has 0 aliphatic carbocycles. The highest BCUT2D eigenvalue weighted by molar-refractivity contribution is 5.94. The number of hydrogen-bond donors (Lipinski definition) is 2. The van der Waals surface area contributed by atoms with Crippen LogP contribution in [0.5, 0.6) is 0 Å². The first-order chi connectivity index (χ1) is 16.0. The molecule has 33 heavy (non-hydrogen) atoms. The van der Waals surface area contributed by atoms with Crippen LogP contribution in [0.4, 0.5) is 11.5 Å². The minimum Gasteiger partial charge on any atom is -0.370 e. The van der Waals surface area contributed by atoms with E-state index >= 15 is 0 Å². The molecule has 3 atom stereocenters. The van der Waals surface area contributed by atoms with E-state index in [4.69, 9.17) is 0 Å². The van der Waals surface area contributed by atoms with E-state index < -0.39 is 6.04 Å². The van der Waals surface area contributed by atoms with Crippen LogP contribution in [0.3, 0.4) is 0 Å². The average molecular weight is 443 g/mol. The van der Waals surface area contributed by atoms with Crippen molar-refractivity contribution < 1.29 is 4.79 Å². The molecule has 1 amide bonds. The van der Waals surface area contributed by atoms with Crippen molar-refractivity contribution in [3.8, 4) is 0 Å². The fraction of sp³-hybridized carbons (Fsp3) is 0.357. The minimum absolute atomic E-state index is 0.104. The van der Waals surface area contributed by atoms with Gasteiger partial charge in [-0.3, -0.25) is 4.79 Å². The Hall–Kier alpha value is -3.18. The third-order valence-electron chi connectivity index (χ3n) is 6.46. The topological polar surface area (TPSA) is 57.3 Å². The summed E-state index contributed by atoms with van der Waals surface area (Å²) in [6.07, 6.45) is 3.07. The number of nitrogens with zero attached hydrogens (tertiary/aromatic N) is 2. The smallest absolute Gasteiger partial charge is 0.247 e. The second-order valence-corrected chi connectivity index (χ2v) is 9.29. The van der Waals surface area contributed by atoms with Gasteiger partial charge in [-0.15, -0.1) is 0 Å². The number of pyridine rings is 1. The highest BCUT2D eigenvalue weighted by atomic mass is 16.2. The van der Waals surface area contributed by atoms with Gasteiger partial charge in [0, 0.05) is 19.6 Å². The first-order valence-electron chi connectivity index (χ1n) is 11.9. The Labute approximate surface area is 197 Å². The zero-order valence-electron chi connectivity index (χ0n) is 19.8. The Bertz CT molecular complexity index is 1030. The van der Waals surface area contributed by atoms with Gasteiger partial charge in [0.1, 0.15) is 11.9 Å². The number of rotatable bonds is 8. The van der Waals surface area contributed by atoms with E-state index in [0.717, 1.165) is 24.3 Å². The minimum atomic E-state index is -0.458. The van der Waals surface area contributed by atoms with E-state index in [0.29, 0.717) is 18.3 Å². The summed E-state index contributed by atoms with van der Waals surface area (Å²) in [7, 11) is 0. The highest BCUT2D eigenvalue weighted by Crippen LogP contribution is 2.24. The van der Waals surface area contributed by atoms with Crippen LogP contribution in [-0.4, -0.2) is 30.5 Å². The van der Waals surface area contributed by atoms with Gasteiger partial charge in [-0.05, 0) is 48.4 Å². The van der Waals surface area contributed by atoms with Gasteiger partial charge in [-0.2, -0.15) is 0 Å². The lowest BCUT2D eigenvalue weighted by Crippen LogP contribution is -2.35. The van der Waals surface area contributed by atoms with Crippen LogP contribution in [0, 0.1) is 12.8 Å². The summed E-state index contributed by atoms with van der Waals surface area (Å²) < 4.78 is 0. The van der Waals surface area contributed by atoms with Crippen molar-refractivity contribution >= 4 is 17.4 Å². The van der Waals surface area contributed by atoms with Crippen molar-refractivity contribution in [2.45, 2.75) is 39.2 Å². The monoisotopic (exact) mass is 442 g/mol. The molecule has 2 N–H and O–H groups in total. The Morgan fingerprint density at radius 2 is 1.82 bits per heavy atom. The molecule has 1 unspecified atom stereocenters. The summed E-state index contributed by atoms with van der Waals surface area (Å²) in [5.41, 5.74) is 4.56. The van der Waals surface area contributed by atoms with Crippen molar-refractivity contribution in [3.63, 3.8) is 0 Å². The lowest BCUT2D eigenvalue weighted by Gasteiger charge is -2.22. The summed E-state index contributed by atoms with van der Waals surface area (Å²) in [6.45, 7) is 9.36. The standard InChI is InChI=1S/C28H34N4O/c1-20-9-11-23(12-10-20)22(3)17-30-27(24-7-5-4-6-8-24)28(33)31-26-14-13-25(18-29-26)32-16-15-21(2)19-32/h4-14,18,21-22,27,30H,15-17,19H2,1-3H3,(H,29,31,33)/t21-,22?,27-/m1/s1. The largest absolute Gasteiger partial charge is 0.370 e. The maximum atomic E-state index is 13.3. The van der Waals surface area contributed by atoms with E-state index in [-0.39, 0.29) is 11.8 Å².